The van der Waals surface area contributed by atoms with Crippen molar-refractivity contribution in [3.05, 3.63) is 178 Å². The largest absolute Gasteiger partial charge is 0.355 e. The summed E-state index contributed by atoms with van der Waals surface area (Å²) in [7, 11) is 0. The lowest BCUT2D eigenvalue weighted by Crippen LogP contribution is -1.96. The van der Waals surface area contributed by atoms with Gasteiger partial charge in [-0.2, -0.15) is 0 Å². The molecule has 9 rings (SSSR count). The van der Waals surface area contributed by atoms with Gasteiger partial charge in [-0.1, -0.05) is 97.1 Å². The Balaban J connectivity index is 1.58. The molecule has 0 aliphatic carbocycles. The zero-order valence-corrected chi connectivity index (χ0v) is 29.8. The van der Waals surface area contributed by atoms with Crippen LogP contribution in [-0.4, -0.2) is 19.9 Å². The molecule has 52 heavy (non-hydrogen) atoms. The van der Waals surface area contributed by atoms with Crippen molar-refractivity contribution in [3.63, 3.8) is 0 Å². The Bertz CT molecular complexity index is 2790. The molecule has 7 aromatic rings. The first-order valence-electron chi connectivity index (χ1n) is 17.8. The van der Waals surface area contributed by atoms with Crippen LogP contribution in [0.3, 0.4) is 0 Å². The van der Waals surface area contributed by atoms with Crippen LogP contribution in [0.4, 0.5) is 0 Å². The van der Waals surface area contributed by atoms with Crippen molar-refractivity contribution in [2.45, 2.75) is 27.7 Å². The van der Waals surface area contributed by atoms with E-state index in [4.69, 9.17) is 9.97 Å². The zero-order chi connectivity index (χ0) is 35.3. The lowest BCUT2D eigenvalue weighted by molar-refractivity contribution is 1.29. The lowest BCUT2D eigenvalue weighted by Gasteiger charge is -2.16. The van der Waals surface area contributed by atoms with E-state index in [2.05, 4.69) is 183 Å². The molecule has 4 nitrogen and oxygen atoms in total. The molecule has 2 N–H and O–H groups in total. The normalized spacial score (nSPS) is 12.3. The molecule has 4 aromatic carbocycles. The second kappa shape index (κ2) is 12.7. The summed E-state index contributed by atoms with van der Waals surface area (Å²) < 4.78 is 0. The van der Waals surface area contributed by atoms with Gasteiger partial charge in [0.2, 0.25) is 0 Å². The van der Waals surface area contributed by atoms with E-state index in [0.717, 1.165) is 78.2 Å². The molecular weight excluding hydrogens is 633 g/mol. The second-order valence-corrected chi connectivity index (χ2v) is 13.8. The Morgan fingerprint density at radius 1 is 0.423 bits per heavy atom. The minimum absolute atomic E-state index is 0.891. The number of fused-ring (bicyclic) bond motifs is 8. The van der Waals surface area contributed by atoms with Crippen LogP contribution in [-0.2, 0) is 0 Å². The molecule has 2 aliphatic rings. The highest BCUT2D eigenvalue weighted by Gasteiger charge is 2.26. The van der Waals surface area contributed by atoms with Gasteiger partial charge in [-0.25, -0.2) is 9.97 Å². The smallest absolute Gasteiger partial charge is 0.0815 e. The van der Waals surface area contributed by atoms with Gasteiger partial charge in [-0.3, -0.25) is 0 Å². The number of aromatic nitrogens is 4. The van der Waals surface area contributed by atoms with Crippen LogP contribution in [0.5, 0.6) is 0 Å². The molecule has 0 atom stereocenters. The number of nitrogens with zero attached hydrogens (tertiary/aromatic N) is 2. The van der Waals surface area contributed by atoms with Crippen molar-refractivity contribution in [1.82, 2.24) is 19.9 Å². The van der Waals surface area contributed by atoms with Gasteiger partial charge in [0.25, 0.3) is 0 Å². The summed E-state index contributed by atoms with van der Waals surface area (Å²) in [6, 6.07) is 45.4. The molecule has 0 radical (unpaired) electrons. The van der Waals surface area contributed by atoms with Crippen molar-refractivity contribution in [1.29, 1.82) is 0 Å². The highest BCUT2D eigenvalue weighted by atomic mass is 14.8. The van der Waals surface area contributed by atoms with Crippen molar-refractivity contribution in [2.24, 2.45) is 0 Å². The van der Waals surface area contributed by atoms with E-state index in [1.54, 1.807) is 0 Å². The maximum absolute atomic E-state index is 5.55. The average molecular weight is 671 g/mol. The average Bonchev–Trinajstić information content (AvgIpc) is 3.95. The van der Waals surface area contributed by atoms with E-state index in [9.17, 15) is 0 Å². The monoisotopic (exact) mass is 670 g/mol. The fraction of sp³-hybridized carbons (Fsp3) is 0.0833. The molecule has 0 spiro atoms. The molecule has 250 valence electrons. The summed E-state index contributed by atoms with van der Waals surface area (Å²) in [4.78, 5) is 18.2. The maximum atomic E-state index is 5.55. The quantitative estimate of drug-likeness (QED) is 0.196. The summed E-state index contributed by atoms with van der Waals surface area (Å²) >= 11 is 0. The van der Waals surface area contributed by atoms with Crippen LogP contribution in [0.2, 0.25) is 0 Å². The molecule has 0 amide bonds. The predicted molar refractivity (Wildman–Crippen MR) is 219 cm³/mol. The first kappa shape index (κ1) is 31.5. The number of hydrogen-bond donors (Lipinski definition) is 2. The number of H-pyrrole nitrogens is 2. The van der Waals surface area contributed by atoms with Crippen molar-refractivity contribution < 1.29 is 0 Å². The van der Waals surface area contributed by atoms with E-state index < -0.39 is 0 Å². The van der Waals surface area contributed by atoms with Crippen molar-refractivity contribution >= 4 is 45.9 Å². The van der Waals surface area contributed by atoms with E-state index in [1.165, 1.54) is 33.4 Å². The Kier molecular flexibility index (Phi) is 7.66. The molecule has 0 unspecified atom stereocenters. The second-order valence-electron chi connectivity index (χ2n) is 13.8. The summed E-state index contributed by atoms with van der Waals surface area (Å²) in [5, 5.41) is 0. The van der Waals surface area contributed by atoms with Crippen LogP contribution < -0.4 is 0 Å². The van der Waals surface area contributed by atoms with Crippen LogP contribution in [0, 0.1) is 27.7 Å². The minimum Gasteiger partial charge on any atom is -0.355 e. The number of aryl methyl sites for hydroxylation is 4. The van der Waals surface area contributed by atoms with Crippen molar-refractivity contribution in [2.75, 3.05) is 0 Å². The van der Waals surface area contributed by atoms with Gasteiger partial charge in [-0.05, 0) is 121 Å². The summed E-state index contributed by atoms with van der Waals surface area (Å²) in [6.45, 7) is 8.79. The van der Waals surface area contributed by atoms with E-state index in [0.29, 0.717) is 0 Å². The zero-order valence-electron chi connectivity index (χ0n) is 29.8. The third kappa shape index (κ3) is 5.50. The topological polar surface area (TPSA) is 57.4 Å². The Hall–Kier alpha value is -6.52. The SMILES string of the molecule is Cc1ccccc1C1=Cc2cc3ccc(cc4nc(cc5[nH]c(c(-c6ccccc6C)c1n2)c(-c1ccccc1C)c5-c1ccccc1C)C=C4)[nH]3. The van der Waals surface area contributed by atoms with Gasteiger partial charge in [0.05, 0.1) is 28.3 Å². The number of rotatable bonds is 4. The highest BCUT2D eigenvalue weighted by Crippen LogP contribution is 2.47. The molecule has 0 fully saturated rings. The Morgan fingerprint density at radius 2 is 0.904 bits per heavy atom. The first-order valence-corrected chi connectivity index (χ1v) is 17.8. The van der Waals surface area contributed by atoms with Gasteiger partial charge >= 0.3 is 0 Å². The van der Waals surface area contributed by atoms with E-state index >= 15 is 0 Å². The fourth-order valence-corrected chi connectivity index (χ4v) is 7.71. The van der Waals surface area contributed by atoms with Crippen molar-refractivity contribution in [3.8, 4) is 33.4 Å². The highest BCUT2D eigenvalue weighted by molar-refractivity contribution is 6.11. The number of hydrogen-bond acceptors (Lipinski definition) is 2. The molecule has 4 heteroatoms. The first-order chi connectivity index (χ1) is 25.4. The third-order valence-corrected chi connectivity index (χ3v) is 10.3. The molecule has 3 aromatic heterocycles. The van der Waals surface area contributed by atoms with E-state index in [1.807, 2.05) is 0 Å². The van der Waals surface area contributed by atoms with Gasteiger partial charge in [-0.15, -0.1) is 0 Å². The molecule has 0 saturated heterocycles. The summed E-state index contributed by atoms with van der Waals surface area (Å²) in [6.07, 6.45) is 6.43. The van der Waals surface area contributed by atoms with Gasteiger partial charge in [0.15, 0.2) is 0 Å². The molecular formula is C48H38N4. The number of benzene rings is 4. The molecule has 0 saturated carbocycles. The van der Waals surface area contributed by atoms with Crippen LogP contribution in [0.1, 0.15) is 50.6 Å². The number of aromatic amines is 2. The predicted octanol–water partition coefficient (Wildman–Crippen LogP) is 12.3. The van der Waals surface area contributed by atoms with Gasteiger partial charge in [0, 0.05) is 38.8 Å². The molecule has 8 bridgehead atoms. The van der Waals surface area contributed by atoms with Crippen LogP contribution in [0.25, 0.3) is 79.2 Å². The van der Waals surface area contributed by atoms with Gasteiger partial charge < -0.3 is 9.97 Å². The van der Waals surface area contributed by atoms with E-state index in [-0.39, 0.29) is 0 Å². The number of nitrogens with one attached hydrogen (secondary N) is 2. The standard InChI is InChI=1S/C48H38N4/c1-29-13-5-9-17-38(29)42-27-37-26-35-22-21-33(49-35)25-34-23-24-36(50-34)28-43-44(39-18-10-6-14-30(39)2)45(40-19-11-7-15-31(40)3)48(52-43)46(47(42)51-37)41-20-12-8-16-32(41)4/h5-28,49,52H,1-4H3. The maximum Gasteiger partial charge on any atom is 0.0815 e. The third-order valence-electron chi connectivity index (χ3n) is 10.3. The fourth-order valence-electron chi connectivity index (χ4n) is 7.71. The van der Waals surface area contributed by atoms with Crippen LogP contribution in [0.15, 0.2) is 127 Å². The van der Waals surface area contributed by atoms with Gasteiger partial charge in [0.1, 0.15) is 0 Å². The van der Waals surface area contributed by atoms with Crippen LogP contribution >= 0.6 is 0 Å². The minimum atomic E-state index is 0.891. The summed E-state index contributed by atoms with van der Waals surface area (Å²) in [5.74, 6) is 0. The lowest BCUT2D eigenvalue weighted by atomic mass is 9.87. The summed E-state index contributed by atoms with van der Waals surface area (Å²) in [5.41, 5.74) is 21.5. The molecule has 2 aliphatic heterocycles. The molecule has 5 heterocycles. The Labute approximate surface area is 303 Å². The Morgan fingerprint density at radius 3 is 1.48 bits per heavy atom.